The van der Waals surface area contributed by atoms with Crippen molar-refractivity contribution in [2.45, 2.75) is 0 Å². The smallest absolute Gasteiger partial charge is 0.253 e. The fourth-order valence-corrected chi connectivity index (χ4v) is 1.92. The minimum atomic E-state index is -0.214. The zero-order valence-corrected chi connectivity index (χ0v) is 12.2. The number of terminal acetylenes is 1. The number of hydrogen-bond donors (Lipinski definition) is 2. The van der Waals surface area contributed by atoms with Gasteiger partial charge in [-0.3, -0.25) is 9.59 Å². The molecule has 1 heterocycles. The van der Waals surface area contributed by atoms with Crippen LogP contribution in [0.2, 0.25) is 0 Å². The van der Waals surface area contributed by atoms with Crippen LogP contribution in [0.3, 0.4) is 0 Å². The molecule has 112 valence electrons. The molecular weight excluding hydrogens is 290 g/mol. The van der Waals surface area contributed by atoms with Gasteiger partial charge in [-0.05, 0) is 30.3 Å². The van der Waals surface area contributed by atoms with Crippen molar-refractivity contribution in [3.8, 4) is 18.4 Å². The molecule has 0 saturated carbocycles. The van der Waals surface area contributed by atoms with Gasteiger partial charge in [0.05, 0.1) is 29.4 Å². The topological polar surface area (TPSA) is 82.0 Å². The van der Waals surface area contributed by atoms with E-state index in [1.165, 1.54) is 0 Å². The van der Waals surface area contributed by atoms with E-state index in [1.807, 2.05) is 6.07 Å². The Kier molecular flexibility index (Phi) is 5.12. The van der Waals surface area contributed by atoms with Gasteiger partial charge < -0.3 is 10.6 Å². The van der Waals surface area contributed by atoms with Crippen LogP contribution in [0.4, 0.5) is 5.69 Å². The average Bonchev–Trinajstić information content (AvgIpc) is 2.74. The van der Waals surface area contributed by atoms with E-state index in [4.69, 9.17) is 11.7 Å². The Morgan fingerprint density at radius 2 is 1.78 bits per heavy atom. The first-order chi connectivity index (χ1) is 11.1. The van der Waals surface area contributed by atoms with E-state index >= 15 is 0 Å². The minimum Gasteiger partial charge on any atom is -0.343 e. The van der Waals surface area contributed by atoms with Gasteiger partial charge >= 0.3 is 0 Å². The van der Waals surface area contributed by atoms with Crippen molar-refractivity contribution in [3.05, 3.63) is 65.2 Å². The van der Waals surface area contributed by atoms with E-state index in [9.17, 15) is 9.59 Å². The van der Waals surface area contributed by atoms with Crippen molar-refractivity contribution >= 4 is 17.5 Å². The second-order valence-electron chi connectivity index (χ2n) is 4.61. The highest BCUT2D eigenvalue weighted by Crippen LogP contribution is 2.16. The number of carbonyl (C=O) groups excluding carboxylic acids is 2. The molecule has 3 rings (SSSR count). The Hall–Kier alpha value is -3.57. The highest BCUT2D eigenvalue weighted by atomic mass is 16.2. The maximum Gasteiger partial charge on any atom is 0.253 e. The van der Waals surface area contributed by atoms with Crippen LogP contribution in [0.5, 0.6) is 0 Å². The van der Waals surface area contributed by atoms with Crippen LogP contribution in [0.15, 0.2) is 48.5 Å². The van der Waals surface area contributed by atoms with Crippen LogP contribution < -0.4 is 10.6 Å². The lowest BCUT2D eigenvalue weighted by Gasteiger charge is -2.02. The molecular formula is C18H13N3O2. The van der Waals surface area contributed by atoms with Crippen LogP contribution >= 0.6 is 0 Å². The summed E-state index contributed by atoms with van der Waals surface area (Å²) in [5, 5.41) is 13.6. The van der Waals surface area contributed by atoms with E-state index in [-0.39, 0.29) is 18.4 Å². The molecule has 0 aliphatic carbocycles. The summed E-state index contributed by atoms with van der Waals surface area (Å²) in [6.07, 6.45) is 5.11. The van der Waals surface area contributed by atoms with E-state index in [0.717, 1.165) is 5.56 Å². The molecule has 0 atom stereocenters. The van der Waals surface area contributed by atoms with Gasteiger partial charge in [-0.2, -0.15) is 5.26 Å². The first-order valence-electron chi connectivity index (χ1n) is 6.78. The van der Waals surface area contributed by atoms with Crippen LogP contribution in [0.1, 0.15) is 21.5 Å². The Morgan fingerprint density at radius 1 is 1.04 bits per heavy atom. The second-order valence-corrected chi connectivity index (χ2v) is 4.61. The molecule has 2 amide bonds. The monoisotopic (exact) mass is 303 g/mol. The highest BCUT2D eigenvalue weighted by molar-refractivity contribution is 6.08. The third-order valence-electron chi connectivity index (χ3n) is 3.01. The maximum absolute atomic E-state index is 11.3. The first kappa shape index (κ1) is 15.8. The summed E-state index contributed by atoms with van der Waals surface area (Å²) in [7, 11) is 0. The number of nitrogens with one attached hydrogen (secondary N) is 2. The SMILES string of the molecule is C#Cc1cccc(C#N)c1.O=C1CNC(=O)c2ccccc2N1. The largest absolute Gasteiger partial charge is 0.343 e. The highest BCUT2D eigenvalue weighted by Gasteiger charge is 2.17. The van der Waals surface area contributed by atoms with Crippen molar-refractivity contribution in [2.75, 3.05) is 11.9 Å². The molecule has 0 bridgehead atoms. The van der Waals surface area contributed by atoms with Crippen LogP contribution in [-0.2, 0) is 4.79 Å². The van der Waals surface area contributed by atoms with Gasteiger partial charge in [0.1, 0.15) is 0 Å². The molecule has 2 aromatic rings. The zero-order chi connectivity index (χ0) is 16.7. The third kappa shape index (κ3) is 4.20. The minimum absolute atomic E-state index is 0.0352. The Morgan fingerprint density at radius 3 is 2.52 bits per heavy atom. The quantitative estimate of drug-likeness (QED) is 0.729. The van der Waals surface area contributed by atoms with E-state index in [1.54, 1.807) is 48.5 Å². The van der Waals surface area contributed by atoms with E-state index in [0.29, 0.717) is 16.8 Å². The molecule has 5 heteroatoms. The number of carbonyl (C=O) groups is 2. The van der Waals surface area contributed by atoms with Gasteiger partial charge in [0.2, 0.25) is 5.91 Å². The molecule has 0 aromatic heterocycles. The lowest BCUT2D eigenvalue weighted by atomic mass is 10.1. The number of rotatable bonds is 0. The van der Waals surface area contributed by atoms with E-state index < -0.39 is 0 Å². The van der Waals surface area contributed by atoms with Crippen molar-refractivity contribution in [2.24, 2.45) is 0 Å². The summed E-state index contributed by atoms with van der Waals surface area (Å²) >= 11 is 0. The van der Waals surface area contributed by atoms with Crippen molar-refractivity contribution < 1.29 is 9.59 Å². The average molecular weight is 303 g/mol. The molecule has 5 nitrogen and oxygen atoms in total. The Balaban J connectivity index is 0.000000174. The van der Waals surface area contributed by atoms with Crippen LogP contribution in [-0.4, -0.2) is 18.4 Å². The number of nitriles is 1. The van der Waals surface area contributed by atoms with Crippen molar-refractivity contribution in [3.63, 3.8) is 0 Å². The zero-order valence-electron chi connectivity index (χ0n) is 12.2. The first-order valence-corrected chi connectivity index (χ1v) is 6.78. The van der Waals surface area contributed by atoms with Gasteiger partial charge in [-0.15, -0.1) is 6.42 Å². The van der Waals surface area contributed by atoms with Crippen molar-refractivity contribution in [1.82, 2.24) is 5.32 Å². The molecule has 2 N–H and O–H groups in total. The van der Waals surface area contributed by atoms with Gasteiger partial charge in [-0.1, -0.05) is 24.1 Å². The number of hydrogen-bond acceptors (Lipinski definition) is 3. The lowest BCUT2D eigenvalue weighted by molar-refractivity contribution is -0.115. The summed E-state index contributed by atoms with van der Waals surface area (Å²) in [4.78, 5) is 22.4. The van der Waals surface area contributed by atoms with E-state index in [2.05, 4.69) is 16.6 Å². The lowest BCUT2D eigenvalue weighted by Crippen LogP contribution is -2.28. The molecule has 23 heavy (non-hydrogen) atoms. The maximum atomic E-state index is 11.3. The standard InChI is InChI=1S/C9H8N2O2.C9H5N/c12-8-5-10-9(13)6-3-1-2-4-7(6)11-8;1-2-8-4-3-5-9(6-8)7-10/h1-4H,5H2,(H,10,13)(H,11,12);1,3-6H. The molecule has 0 spiro atoms. The molecule has 0 unspecified atom stereocenters. The summed E-state index contributed by atoms with van der Waals surface area (Å²) in [6.45, 7) is 0.0352. The molecule has 2 aromatic carbocycles. The summed E-state index contributed by atoms with van der Waals surface area (Å²) in [5.41, 5.74) is 2.44. The van der Waals surface area contributed by atoms with Crippen LogP contribution in [0, 0.1) is 23.7 Å². The molecule has 0 fully saturated rings. The number of nitrogens with zero attached hydrogens (tertiary/aromatic N) is 1. The van der Waals surface area contributed by atoms with Gasteiger partial charge in [0, 0.05) is 5.56 Å². The summed E-state index contributed by atoms with van der Waals surface area (Å²) in [6, 6.07) is 15.9. The normalized spacial score (nSPS) is 12.1. The molecule has 0 radical (unpaired) electrons. The number of amides is 2. The van der Waals surface area contributed by atoms with Gasteiger partial charge in [0.15, 0.2) is 0 Å². The fourth-order valence-electron chi connectivity index (χ4n) is 1.92. The van der Waals surface area contributed by atoms with Gasteiger partial charge in [-0.25, -0.2) is 0 Å². The molecule has 0 saturated heterocycles. The predicted octanol–water partition coefficient (Wildman–Crippen LogP) is 1.91. The van der Waals surface area contributed by atoms with Crippen molar-refractivity contribution in [1.29, 1.82) is 5.26 Å². The molecule has 1 aliphatic heterocycles. The second kappa shape index (κ2) is 7.44. The number of anilines is 1. The third-order valence-corrected chi connectivity index (χ3v) is 3.01. The number of benzene rings is 2. The van der Waals surface area contributed by atoms with Crippen LogP contribution in [0.25, 0.3) is 0 Å². The van der Waals surface area contributed by atoms with Gasteiger partial charge in [0.25, 0.3) is 5.91 Å². The Labute approximate surface area is 133 Å². The summed E-state index contributed by atoms with van der Waals surface area (Å²) in [5.74, 6) is 2.04. The Bertz CT molecular complexity index is 799. The fraction of sp³-hybridized carbons (Fsp3) is 0.0556. The predicted molar refractivity (Wildman–Crippen MR) is 86.5 cm³/mol. The number of para-hydroxylation sites is 1. The number of fused-ring (bicyclic) bond motifs is 1. The summed E-state index contributed by atoms with van der Waals surface area (Å²) < 4.78 is 0. The molecule has 1 aliphatic rings.